The second-order valence-corrected chi connectivity index (χ2v) is 6.11. The minimum atomic E-state index is -0.530. The van der Waals surface area contributed by atoms with Crippen LogP contribution in [0.5, 0.6) is 5.75 Å². The Morgan fingerprint density at radius 3 is 2.18 bits per heavy atom. The highest BCUT2D eigenvalue weighted by molar-refractivity contribution is 5.81. The van der Waals surface area contributed by atoms with Gasteiger partial charge in [0, 0.05) is 5.54 Å². The number of hydrogen-bond acceptors (Lipinski definition) is 2. The van der Waals surface area contributed by atoms with Gasteiger partial charge in [0.1, 0.15) is 5.75 Å². The van der Waals surface area contributed by atoms with Crippen LogP contribution in [0.3, 0.4) is 0 Å². The number of nitrogens with one attached hydrogen (secondary N) is 1. The van der Waals surface area contributed by atoms with Gasteiger partial charge < -0.3 is 10.1 Å². The summed E-state index contributed by atoms with van der Waals surface area (Å²) in [5, 5.41) is 3.06. The molecule has 1 atom stereocenters. The van der Waals surface area contributed by atoms with Crippen molar-refractivity contribution in [3.8, 4) is 5.75 Å². The molecule has 0 saturated carbocycles. The number of hydrogen-bond donors (Lipinski definition) is 1. The van der Waals surface area contributed by atoms with Crippen LogP contribution >= 0.6 is 0 Å². The lowest BCUT2D eigenvalue weighted by atomic mass is 9.94. The summed E-state index contributed by atoms with van der Waals surface area (Å²) >= 11 is 0. The van der Waals surface area contributed by atoms with Gasteiger partial charge >= 0.3 is 0 Å². The van der Waals surface area contributed by atoms with Gasteiger partial charge in [-0.2, -0.15) is 0 Å². The van der Waals surface area contributed by atoms with Crippen molar-refractivity contribution < 1.29 is 9.53 Å². The lowest BCUT2D eigenvalue weighted by molar-refractivity contribution is -0.128. The Labute approximate surface area is 132 Å². The summed E-state index contributed by atoms with van der Waals surface area (Å²) in [4.78, 5) is 12.3. The van der Waals surface area contributed by atoms with E-state index >= 15 is 0 Å². The first-order chi connectivity index (χ1) is 10.5. The van der Waals surface area contributed by atoms with Crippen LogP contribution in [0.15, 0.2) is 60.7 Å². The first kappa shape index (κ1) is 16.1. The van der Waals surface area contributed by atoms with Gasteiger partial charge in [-0.3, -0.25) is 4.79 Å². The molecular weight excluding hydrogens is 274 g/mol. The largest absolute Gasteiger partial charge is 0.481 e. The second-order valence-electron chi connectivity index (χ2n) is 6.11. The Morgan fingerprint density at radius 1 is 1.05 bits per heavy atom. The van der Waals surface area contributed by atoms with E-state index in [2.05, 4.69) is 17.4 Å². The van der Waals surface area contributed by atoms with Crippen molar-refractivity contribution in [2.75, 3.05) is 0 Å². The standard InChI is InChI=1S/C19H23NO2/c1-15(22-17-12-8-5-9-13-17)18(21)20-19(2,3)14-16-10-6-4-7-11-16/h4-13,15H,14H2,1-3H3,(H,20,21)/t15-/m0/s1. The SMILES string of the molecule is C[C@H](Oc1ccccc1)C(=O)NC(C)(C)Cc1ccccc1. The molecule has 2 rings (SSSR count). The van der Waals surface area contributed by atoms with Crippen molar-refractivity contribution in [1.82, 2.24) is 5.32 Å². The highest BCUT2D eigenvalue weighted by Gasteiger charge is 2.24. The molecule has 0 saturated heterocycles. The van der Waals surface area contributed by atoms with Crippen LogP contribution in [0.2, 0.25) is 0 Å². The van der Waals surface area contributed by atoms with Crippen LogP contribution in [0.4, 0.5) is 0 Å². The Kier molecular flexibility index (Phi) is 5.21. The van der Waals surface area contributed by atoms with Crippen LogP contribution < -0.4 is 10.1 Å². The number of amides is 1. The Balaban J connectivity index is 1.92. The van der Waals surface area contributed by atoms with Gasteiger partial charge in [-0.15, -0.1) is 0 Å². The van der Waals surface area contributed by atoms with E-state index in [-0.39, 0.29) is 11.4 Å². The lowest BCUT2D eigenvalue weighted by Crippen LogP contribution is -2.49. The smallest absolute Gasteiger partial charge is 0.261 e. The third-order valence-electron chi connectivity index (χ3n) is 3.38. The van der Waals surface area contributed by atoms with Crippen LogP contribution in [0.1, 0.15) is 26.3 Å². The molecule has 3 nitrogen and oxygen atoms in total. The van der Waals surface area contributed by atoms with Crippen LogP contribution in [0, 0.1) is 0 Å². The number of rotatable bonds is 6. The molecule has 0 unspecified atom stereocenters. The van der Waals surface area contributed by atoms with E-state index in [0.29, 0.717) is 5.75 Å². The van der Waals surface area contributed by atoms with Gasteiger partial charge in [0.15, 0.2) is 6.10 Å². The van der Waals surface area contributed by atoms with E-state index in [0.717, 1.165) is 6.42 Å². The quantitative estimate of drug-likeness (QED) is 0.885. The predicted molar refractivity (Wildman–Crippen MR) is 88.9 cm³/mol. The zero-order valence-electron chi connectivity index (χ0n) is 13.4. The Hall–Kier alpha value is -2.29. The number of ether oxygens (including phenoxy) is 1. The molecule has 22 heavy (non-hydrogen) atoms. The van der Waals surface area contributed by atoms with E-state index in [4.69, 9.17) is 4.74 Å². The van der Waals surface area contributed by atoms with Gasteiger partial charge in [0.2, 0.25) is 0 Å². The van der Waals surface area contributed by atoms with E-state index < -0.39 is 6.10 Å². The fourth-order valence-electron chi connectivity index (χ4n) is 2.34. The maximum atomic E-state index is 12.3. The molecule has 1 N–H and O–H groups in total. The topological polar surface area (TPSA) is 38.3 Å². The van der Waals surface area contributed by atoms with Gasteiger partial charge in [0.05, 0.1) is 0 Å². The minimum absolute atomic E-state index is 0.107. The molecule has 0 aromatic heterocycles. The zero-order chi connectivity index (χ0) is 16.0. The van der Waals surface area contributed by atoms with Gasteiger partial charge in [0.25, 0.3) is 5.91 Å². The van der Waals surface area contributed by atoms with Crippen molar-refractivity contribution in [2.24, 2.45) is 0 Å². The number of carbonyl (C=O) groups excluding carboxylic acids is 1. The summed E-state index contributed by atoms with van der Waals surface area (Å²) in [7, 11) is 0. The molecule has 0 aliphatic carbocycles. The lowest BCUT2D eigenvalue weighted by Gasteiger charge is -2.28. The molecule has 0 radical (unpaired) electrons. The fraction of sp³-hybridized carbons (Fsp3) is 0.316. The molecule has 0 aliphatic heterocycles. The molecule has 0 spiro atoms. The first-order valence-corrected chi connectivity index (χ1v) is 7.54. The maximum absolute atomic E-state index is 12.3. The van der Waals surface area contributed by atoms with Crippen LogP contribution in [0.25, 0.3) is 0 Å². The maximum Gasteiger partial charge on any atom is 0.261 e. The summed E-state index contributed by atoms with van der Waals surface area (Å²) in [6, 6.07) is 19.5. The molecule has 0 heterocycles. The van der Waals surface area contributed by atoms with E-state index in [1.807, 2.05) is 62.4 Å². The molecule has 116 valence electrons. The molecule has 2 aromatic rings. The highest BCUT2D eigenvalue weighted by Crippen LogP contribution is 2.14. The van der Waals surface area contributed by atoms with Crippen LogP contribution in [-0.4, -0.2) is 17.6 Å². The van der Waals surface area contributed by atoms with Crippen molar-refractivity contribution in [2.45, 2.75) is 38.8 Å². The summed E-state index contributed by atoms with van der Waals surface area (Å²) in [6.07, 6.45) is 0.245. The van der Waals surface area contributed by atoms with Crippen molar-refractivity contribution in [1.29, 1.82) is 0 Å². The van der Waals surface area contributed by atoms with Gasteiger partial charge in [-0.25, -0.2) is 0 Å². The summed E-state index contributed by atoms with van der Waals surface area (Å²) in [5.41, 5.74) is 0.872. The van der Waals surface area contributed by atoms with E-state index in [1.165, 1.54) is 5.56 Å². The van der Waals surface area contributed by atoms with Crippen LogP contribution in [-0.2, 0) is 11.2 Å². The molecule has 0 aliphatic rings. The van der Waals surface area contributed by atoms with Crippen molar-refractivity contribution in [3.63, 3.8) is 0 Å². The first-order valence-electron chi connectivity index (χ1n) is 7.54. The van der Waals surface area contributed by atoms with Gasteiger partial charge in [-0.1, -0.05) is 48.5 Å². The normalized spacial score (nSPS) is 12.5. The molecular formula is C19H23NO2. The third kappa shape index (κ3) is 4.92. The number of benzene rings is 2. The molecule has 3 heteroatoms. The summed E-state index contributed by atoms with van der Waals surface area (Å²) < 4.78 is 5.66. The molecule has 2 aromatic carbocycles. The minimum Gasteiger partial charge on any atom is -0.481 e. The zero-order valence-corrected chi connectivity index (χ0v) is 13.4. The molecule has 0 fully saturated rings. The summed E-state index contributed by atoms with van der Waals surface area (Å²) in [6.45, 7) is 5.81. The monoisotopic (exact) mass is 297 g/mol. The molecule has 0 bridgehead atoms. The second kappa shape index (κ2) is 7.12. The Bertz CT molecular complexity index is 593. The average Bonchev–Trinajstić information content (AvgIpc) is 2.48. The summed E-state index contributed by atoms with van der Waals surface area (Å²) in [5.74, 6) is 0.593. The van der Waals surface area contributed by atoms with Crippen molar-refractivity contribution >= 4 is 5.91 Å². The van der Waals surface area contributed by atoms with Gasteiger partial charge in [-0.05, 0) is 44.9 Å². The Morgan fingerprint density at radius 2 is 1.59 bits per heavy atom. The molecule has 1 amide bonds. The van der Waals surface area contributed by atoms with E-state index in [9.17, 15) is 4.79 Å². The highest BCUT2D eigenvalue weighted by atomic mass is 16.5. The average molecular weight is 297 g/mol. The number of carbonyl (C=O) groups is 1. The van der Waals surface area contributed by atoms with Crippen molar-refractivity contribution in [3.05, 3.63) is 66.2 Å². The fourth-order valence-corrected chi connectivity index (χ4v) is 2.34. The number of para-hydroxylation sites is 1. The third-order valence-corrected chi connectivity index (χ3v) is 3.38. The van der Waals surface area contributed by atoms with E-state index in [1.54, 1.807) is 6.92 Å². The predicted octanol–water partition coefficient (Wildman–Crippen LogP) is 3.59.